The zero-order chi connectivity index (χ0) is 17.8. The van der Waals surface area contributed by atoms with Crippen molar-refractivity contribution in [2.75, 3.05) is 5.32 Å². The number of hydrogen-bond acceptors (Lipinski definition) is 5. The molecule has 1 amide bonds. The third-order valence-corrected chi connectivity index (χ3v) is 4.18. The van der Waals surface area contributed by atoms with Gasteiger partial charge in [-0.1, -0.05) is 6.07 Å². The van der Waals surface area contributed by atoms with Gasteiger partial charge in [0.1, 0.15) is 5.75 Å². The Morgan fingerprint density at radius 3 is 2.64 bits per heavy atom. The van der Waals surface area contributed by atoms with E-state index in [0.717, 1.165) is 15.6 Å². The van der Waals surface area contributed by atoms with Crippen molar-refractivity contribution >= 4 is 27.5 Å². The predicted molar refractivity (Wildman–Crippen MR) is 97.3 cm³/mol. The van der Waals surface area contributed by atoms with Crippen molar-refractivity contribution in [3.63, 3.8) is 0 Å². The van der Waals surface area contributed by atoms with Gasteiger partial charge in [-0.05, 0) is 71.7 Å². The van der Waals surface area contributed by atoms with E-state index in [9.17, 15) is 4.79 Å². The summed E-state index contributed by atoms with van der Waals surface area (Å²) < 4.78 is 11.7. The summed E-state index contributed by atoms with van der Waals surface area (Å²) in [6.45, 7) is 3.68. The standard InChI is InChI=1S/C18H16BrN3O3/c1-11-3-8-16(15(19)9-11)21-17(23)12(2)25-14-6-4-13(5-7-14)18-22-20-10-24-18/h3-10,12H,1-2H3,(H,21,23)/t12-/m0/s1. The van der Waals surface area contributed by atoms with Crippen molar-refractivity contribution in [1.29, 1.82) is 0 Å². The molecule has 1 atom stereocenters. The Bertz CT molecular complexity index is 864. The number of amides is 1. The van der Waals surface area contributed by atoms with Crippen molar-refractivity contribution in [3.05, 3.63) is 58.9 Å². The number of anilines is 1. The van der Waals surface area contributed by atoms with Gasteiger partial charge in [0.05, 0.1) is 5.69 Å². The minimum atomic E-state index is -0.651. The molecular formula is C18H16BrN3O3. The monoisotopic (exact) mass is 401 g/mol. The molecule has 25 heavy (non-hydrogen) atoms. The van der Waals surface area contributed by atoms with Crippen LogP contribution in [0.25, 0.3) is 11.5 Å². The summed E-state index contributed by atoms with van der Waals surface area (Å²) in [4.78, 5) is 12.3. The van der Waals surface area contributed by atoms with Crippen LogP contribution in [0, 0.1) is 6.92 Å². The zero-order valence-electron chi connectivity index (χ0n) is 13.7. The second-order valence-corrected chi connectivity index (χ2v) is 6.36. The Kier molecular flexibility index (Phi) is 5.14. The molecule has 3 rings (SSSR count). The highest BCUT2D eigenvalue weighted by atomic mass is 79.9. The fourth-order valence-corrected chi connectivity index (χ4v) is 2.78. The molecule has 0 aliphatic heterocycles. The second kappa shape index (κ2) is 7.48. The lowest BCUT2D eigenvalue weighted by atomic mass is 10.2. The molecule has 0 saturated heterocycles. The Balaban J connectivity index is 1.63. The third-order valence-electron chi connectivity index (χ3n) is 3.53. The second-order valence-electron chi connectivity index (χ2n) is 5.50. The summed E-state index contributed by atoms with van der Waals surface area (Å²) in [6, 6.07) is 12.8. The van der Waals surface area contributed by atoms with Crippen LogP contribution >= 0.6 is 15.9 Å². The summed E-state index contributed by atoms with van der Waals surface area (Å²) in [5, 5.41) is 10.3. The van der Waals surface area contributed by atoms with Crippen LogP contribution in [0.4, 0.5) is 5.69 Å². The van der Waals surface area contributed by atoms with Crippen LogP contribution in [0.5, 0.6) is 5.75 Å². The van der Waals surface area contributed by atoms with Crippen LogP contribution < -0.4 is 10.1 Å². The number of carbonyl (C=O) groups excluding carboxylic acids is 1. The molecule has 0 unspecified atom stereocenters. The number of nitrogens with one attached hydrogen (secondary N) is 1. The number of aryl methyl sites for hydroxylation is 1. The minimum absolute atomic E-state index is 0.231. The highest BCUT2D eigenvalue weighted by Crippen LogP contribution is 2.24. The smallest absolute Gasteiger partial charge is 0.265 e. The average Bonchev–Trinajstić information content (AvgIpc) is 3.12. The number of ether oxygens (including phenoxy) is 1. The number of nitrogens with zero attached hydrogens (tertiary/aromatic N) is 2. The molecule has 3 aromatic rings. The largest absolute Gasteiger partial charge is 0.481 e. The van der Waals surface area contributed by atoms with E-state index in [1.165, 1.54) is 6.39 Å². The van der Waals surface area contributed by atoms with E-state index in [4.69, 9.17) is 9.15 Å². The van der Waals surface area contributed by atoms with Crippen molar-refractivity contribution in [2.24, 2.45) is 0 Å². The molecule has 7 heteroatoms. The Labute approximate surface area is 153 Å². The molecule has 0 bridgehead atoms. The van der Waals surface area contributed by atoms with Gasteiger partial charge in [0.25, 0.3) is 5.91 Å². The summed E-state index contributed by atoms with van der Waals surface area (Å²) in [7, 11) is 0. The van der Waals surface area contributed by atoms with Gasteiger partial charge in [-0.3, -0.25) is 4.79 Å². The number of aromatic nitrogens is 2. The van der Waals surface area contributed by atoms with E-state index >= 15 is 0 Å². The van der Waals surface area contributed by atoms with Crippen molar-refractivity contribution < 1.29 is 13.9 Å². The van der Waals surface area contributed by atoms with Crippen molar-refractivity contribution in [2.45, 2.75) is 20.0 Å². The Hall–Kier alpha value is -2.67. The van der Waals surface area contributed by atoms with Crippen molar-refractivity contribution in [1.82, 2.24) is 10.2 Å². The predicted octanol–water partition coefficient (Wildman–Crippen LogP) is 4.21. The van der Waals surface area contributed by atoms with Gasteiger partial charge < -0.3 is 14.5 Å². The molecule has 0 radical (unpaired) electrons. The molecule has 1 N–H and O–H groups in total. The molecule has 1 aromatic heterocycles. The molecule has 6 nitrogen and oxygen atoms in total. The van der Waals surface area contributed by atoms with E-state index < -0.39 is 6.10 Å². The maximum absolute atomic E-state index is 12.3. The fourth-order valence-electron chi connectivity index (χ4n) is 2.19. The molecule has 2 aromatic carbocycles. The summed E-state index contributed by atoms with van der Waals surface area (Å²) in [6.07, 6.45) is 0.623. The van der Waals surface area contributed by atoms with Crippen molar-refractivity contribution in [3.8, 4) is 17.2 Å². The van der Waals surface area contributed by atoms with E-state index in [0.29, 0.717) is 17.3 Å². The SMILES string of the molecule is Cc1ccc(NC(=O)[C@H](C)Oc2ccc(-c3nnco3)cc2)c(Br)c1. The average molecular weight is 402 g/mol. The first kappa shape index (κ1) is 17.2. The summed E-state index contributed by atoms with van der Waals surface area (Å²) >= 11 is 3.44. The lowest BCUT2D eigenvalue weighted by molar-refractivity contribution is -0.122. The van der Waals surface area contributed by atoms with E-state index in [1.807, 2.05) is 25.1 Å². The molecular weight excluding hydrogens is 386 g/mol. The first-order valence-corrected chi connectivity index (χ1v) is 8.42. The van der Waals surface area contributed by atoms with Gasteiger partial charge >= 0.3 is 0 Å². The van der Waals surface area contributed by atoms with E-state index in [2.05, 4.69) is 31.4 Å². The van der Waals surface area contributed by atoms with Gasteiger partial charge in [0.15, 0.2) is 6.10 Å². The highest BCUT2D eigenvalue weighted by Gasteiger charge is 2.16. The molecule has 128 valence electrons. The van der Waals surface area contributed by atoms with Gasteiger partial charge in [-0.2, -0.15) is 0 Å². The topological polar surface area (TPSA) is 77.2 Å². The molecule has 0 fully saturated rings. The van der Waals surface area contributed by atoms with Crippen LogP contribution in [0.1, 0.15) is 12.5 Å². The van der Waals surface area contributed by atoms with Gasteiger partial charge in [-0.25, -0.2) is 0 Å². The number of halogens is 1. The fraction of sp³-hybridized carbons (Fsp3) is 0.167. The Morgan fingerprint density at radius 2 is 2.00 bits per heavy atom. The number of benzene rings is 2. The highest BCUT2D eigenvalue weighted by molar-refractivity contribution is 9.10. The number of rotatable bonds is 5. The molecule has 1 heterocycles. The summed E-state index contributed by atoms with van der Waals surface area (Å²) in [5.74, 6) is 0.779. The van der Waals surface area contributed by atoms with E-state index in [1.54, 1.807) is 31.2 Å². The van der Waals surface area contributed by atoms with Crippen LogP contribution in [0.2, 0.25) is 0 Å². The number of hydrogen-bond donors (Lipinski definition) is 1. The van der Waals surface area contributed by atoms with Gasteiger partial charge in [0.2, 0.25) is 12.3 Å². The van der Waals surface area contributed by atoms with E-state index in [-0.39, 0.29) is 5.91 Å². The maximum Gasteiger partial charge on any atom is 0.265 e. The quantitative estimate of drug-likeness (QED) is 0.692. The lowest BCUT2D eigenvalue weighted by Crippen LogP contribution is -2.30. The normalized spacial score (nSPS) is 11.8. The minimum Gasteiger partial charge on any atom is -0.481 e. The van der Waals surface area contributed by atoms with Crippen LogP contribution in [0.3, 0.4) is 0 Å². The third kappa shape index (κ3) is 4.24. The molecule has 0 aliphatic carbocycles. The lowest BCUT2D eigenvalue weighted by Gasteiger charge is -2.15. The summed E-state index contributed by atoms with van der Waals surface area (Å²) in [5.41, 5.74) is 2.60. The molecule has 0 aliphatic rings. The number of carbonyl (C=O) groups is 1. The first-order valence-electron chi connectivity index (χ1n) is 7.63. The molecule has 0 spiro atoms. The first-order chi connectivity index (χ1) is 12.0. The zero-order valence-corrected chi connectivity index (χ0v) is 15.3. The van der Waals surface area contributed by atoms with Crippen LogP contribution in [-0.2, 0) is 4.79 Å². The van der Waals surface area contributed by atoms with Gasteiger partial charge in [-0.15, -0.1) is 10.2 Å². The van der Waals surface area contributed by atoms with Gasteiger partial charge in [0, 0.05) is 10.0 Å². The molecule has 0 saturated carbocycles. The van der Waals surface area contributed by atoms with Crippen LogP contribution in [0.15, 0.2) is 57.7 Å². The maximum atomic E-state index is 12.3. The van der Waals surface area contributed by atoms with Crippen LogP contribution in [-0.4, -0.2) is 22.2 Å². The Morgan fingerprint density at radius 1 is 1.24 bits per heavy atom.